The topological polar surface area (TPSA) is 55.0 Å². The predicted octanol–water partition coefficient (Wildman–Crippen LogP) is 2.23. The quantitative estimate of drug-likeness (QED) is 0.905. The van der Waals surface area contributed by atoms with Crippen LogP contribution in [0.25, 0.3) is 0 Å². The van der Waals surface area contributed by atoms with E-state index in [0.29, 0.717) is 18.5 Å². The van der Waals surface area contributed by atoms with E-state index in [0.717, 1.165) is 18.9 Å². The van der Waals surface area contributed by atoms with Gasteiger partial charge in [0.05, 0.1) is 5.69 Å². The van der Waals surface area contributed by atoms with Crippen LogP contribution in [0.4, 0.5) is 5.95 Å². The molecule has 2 atom stereocenters. The average Bonchev–Trinajstić information content (AvgIpc) is 2.94. The van der Waals surface area contributed by atoms with Crippen LogP contribution in [0.1, 0.15) is 56.2 Å². The Hall–Kier alpha value is -1.16. The minimum absolute atomic E-state index is 0.432. The molecule has 2 aliphatic rings. The Kier molecular flexibility index (Phi) is 3.69. The van der Waals surface area contributed by atoms with Crippen LogP contribution >= 0.6 is 0 Å². The zero-order valence-electron chi connectivity index (χ0n) is 11.8. The fourth-order valence-electron chi connectivity index (χ4n) is 3.51. The van der Waals surface area contributed by atoms with Crippen LogP contribution in [0.2, 0.25) is 0 Å². The predicted molar refractivity (Wildman–Crippen MR) is 77.4 cm³/mol. The molecule has 1 aromatic rings. The second kappa shape index (κ2) is 5.45. The van der Waals surface area contributed by atoms with Gasteiger partial charge in [-0.1, -0.05) is 6.92 Å². The lowest BCUT2D eigenvalue weighted by Gasteiger charge is -2.27. The van der Waals surface area contributed by atoms with Crippen molar-refractivity contribution in [3.8, 4) is 0 Å². The largest absolute Gasteiger partial charge is 0.337 e. The second-order valence-corrected chi connectivity index (χ2v) is 5.80. The lowest BCUT2D eigenvalue weighted by molar-refractivity contribution is 0.520. The highest BCUT2D eigenvalue weighted by Crippen LogP contribution is 2.33. The monoisotopic (exact) mass is 260 g/mol. The fourth-order valence-corrected chi connectivity index (χ4v) is 3.51. The molecule has 3 rings (SSSR count). The summed E-state index contributed by atoms with van der Waals surface area (Å²) in [5.74, 6) is 1.54. The number of nitrogens with two attached hydrogens (primary N) is 1. The summed E-state index contributed by atoms with van der Waals surface area (Å²) >= 11 is 0. The minimum atomic E-state index is 0.432. The van der Waals surface area contributed by atoms with Crippen molar-refractivity contribution in [1.29, 1.82) is 0 Å². The van der Waals surface area contributed by atoms with Crippen molar-refractivity contribution in [1.82, 2.24) is 9.97 Å². The van der Waals surface area contributed by atoms with Gasteiger partial charge in [0.2, 0.25) is 5.95 Å². The molecule has 1 aromatic heterocycles. The molecule has 0 amide bonds. The zero-order valence-corrected chi connectivity index (χ0v) is 11.8. The van der Waals surface area contributed by atoms with Gasteiger partial charge in [-0.15, -0.1) is 0 Å². The molecule has 104 valence electrons. The summed E-state index contributed by atoms with van der Waals surface area (Å²) in [6, 6.07) is 0.432. The van der Waals surface area contributed by atoms with E-state index in [1.54, 1.807) is 0 Å². The van der Waals surface area contributed by atoms with Crippen molar-refractivity contribution in [2.45, 2.75) is 57.4 Å². The van der Waals surface area contributed by atoms with Crippen LogP contribution in [0.5, 0.6) is 0 Å². The van der Waals surface area contributed by atoms with Crippen molar-refractivity contribution in [2.24, 2.45) is 5.73 Å². The summed E-state index contributed by atoms with van der Waals surface area (Å²) in [4.78, 5) is 11.8. The summed E-state index contributed by atoms with van der Waals surface area (Å²) in [6.45, 7) is 4.02. The highest BCUT2D eigenvalue weighted by Gasteiger charge is 2.28. The number of nitrogens with zero attached hydrogens (tertiary/aromatic N) is 3. The Morgan fingerprint density at radius 2 is 2.26 bits per heavy atom. The molecular formula is C15H24N4. The van der Waals surface area contributed by atoms with E-state index >= 15 is 0 Å². The molecule has 2 unspecified atom stereocenters. The smallest absolute Gasteiger partial charge is 0.225 e. The minimum Gasteiger partial charge on any atom is -0.337 e. The third-order valence-electron chi connectivity index (χ3n) is 4.67. The normalized spacial score (nSPS) is 26.5. The van der Waals surface area contributed by atoms with Gasteiger partial charge in [0.25, 0.3) is 0 Å². The first-order chi connectivity index (χ1) is 9.33. The number of rotatable bonds is 3. The van der Waals surface area contributed by atoms with Gasteiger partial charge >= 0.3 is 0 Å². The maximum absolute atomic E-state index is 5.86. The molecule has 0 saturated carbocycles. The molecule has 2 heterocycles. The van der Waals surface area contributed by atoms with Gasteiger partial charge in [-0.05, 0) is 44.1 Å². The van der Waals surface area contributed by atoms with Gasteiger partial charge in [-0.3, -0.25) is 0 Å². The van der Waals surface area contributed by atoms with E-state index in [2.05, 4.69) is 23.0 Å². The van der Waals surface area contributed by atoms with E-state index in [1.807, 2.05) is 0 Å². The molecule has 1 aliphatic heterocycles. The van der Waals surface area contributed by atoms with Gasteiger partial charge in [0.1, 0.15) is 0 Å². The molecule has 4 heteroatoms. The van der Waals surface area contributed by atoms with Crippen LogP contribution < -0.4 is 10.6 Å². The first-order valence-electron chi connectivity index (χ1n) is 7.66. The Bertz CT molecular complexity index is 446. The zero-order chi connectivity index (χ0) is 13.2. The summed E-state index contributed by atoms with van der Waals surface area (Å²) in [5, 5.41) is 0. The third-order valence-corrected chi connectivity index (χ3v) is 4.67. The van der Waals surface area contributed by atoms with Crippen LogP contribution in [0.3, 0.4) is 0 Å². The number of fused-ring (bicyclic) bond motifs is 1. The lowest BCUT2D eigenvalue weighted by atomic mass is 9.86. The van der Waals surface area contributed by atoms with Gasteiger partial charge in [0, 0.05) is 31.2 Å². The average molecular weight is 260 g/mol. The van der Waals surface area contributed by atoms with Gasteiger partial charge in [-0.2, -0.15) is 0 Å². The van der Waals surface area contributed by atoms with Crippen molar-refractivity contribution in [2.75, 3.05) is 18.0 Å². The van der Waals surface area contributed by atoms with Crippen LogP contribution in [0, 0.1) is 0 Å². The number of hydrogen-bond donors (Lipinski definition) is 1. The maximum Gasteiger partial charge on any atom is 0.225 e. The van der Waals surface area contributed by atoms with Gasteiger partial charge < -0.3 is 10.6 Å². The lowest BCUT2D eigenvalue weighted by Crippen LogP contribution is -2.36. The first-order valence-corrected chi connectivity index (χ1v) is 7.66. The fraction of sp³-hybridized carbons (Fsp3) is 0.733. The molecule has 1 fully saturated rings. The SMILES string of the molecule is CCC1CCCc2cnc(N3CCCC3CN)nc21. The van der Waals surface area contributed by atoms with E-state index in [4.69, 9.17) is 10.7 Å². The molecule has 0 radical (unpaired) electrons. The Morgan fingerprint density at radius 1 is 1.37 bits per heavy atom. The molecule has 0 aromatic carbocycles. The number of aromatic nitrogens is 2. The Balaban J connectivity index is 1.91. The summed E-state index contributed by atoms with van der Waals surface area (Å²) < 4.78 is 0. The standard InChI is InChI=1S/C15H24N4/c1-2-11-5-3-6-12-10-17-15(18-14(11)12)19-8-4-7-13(19)9-16/h10-11,13H,2-9,16H2,1H3. The summed E-state index contributed by atoms with van der Waals surface area (Å²) in [5.41, 5.74) is 8.53. The van der Waals surface area contributed by atoms with E-state index in [-0.39, 0.29) is 0 Å². The van der Waals surface area contributed by atoms with Crippen LogP contribution in [-0.2, 0) is 6.42 Å². The number of hydrogen-bond acceptors (Lipinski definition) is 4. The van der Waals surface area contributed by atoms with E-state index in [1.165, 1.54) is 43.4 Å². The van der Waals surface area contributed by atoms with Crippen molar-refractivity contribution < 1.29 is 0 Å². The van der Waals surface area contributed by atoms with Crippen molar-refractivity contribution >= 4 is 5.95 Å². The van der Waals surface area contributed by atoms with E-state index < -0.39 is 0 Å². The summed E-state index contributed by atoms with van der Waals surface area (Å²) in [6.07, 6.45) is 9.33. The molecule has 2 N–H and O–H groups in total. The summed E-state index contributed by atoms with van der Waals surface area (Å²) in [7, 11) is 0. The molecule has 19 heavy (non-hydrogen) atoms. The van der Waals surface area contributed by atoms with Crippen molar-refractivity contribution in [3.05, 3.63) is 17.5 Å². The van der Waals surface area contributed by atoms with Gasteiger partial charge in [0.15, 0.2) is 0 Å². The highest BCUT2D eigenvalue weighted by molar-refractivity contribution is 5.38. The van der Waals surface area contributed by atoms with Gasteiger partial charge in [-0.25, -0.2) is 9.97 Å². The Morgan fingerprint density at radius 3 is 3.05 bits per heavy atom. The Labute approximate surface area is 115 Å². The number of aryl methyl sites for hydroxylation is 1. The molecular weight excluding hydrogens is 236 g/mol. The second-order valence-electron chi connectivity index (χ2n) is 5.80. The molecule has 1 aliphatic carbocycles. The maximum atomic E-state index is 5.86. The number of anilines is 1. The molecule has 0 bridgehead atoms. The molecule has 0 spiro atoms. The van der Waals surface area contributed by atoms with Crippen molar-refractivity contribution in [3.63, 3.8) is 0 Å². The van der Waals surface area contributed by atoms with Crippen LogP contribution in [-0.4, -0.2) is 29.1 Å². The van der Waals surface area contributed by atoms with E-state index in [9.17, 15) is 0 Å². The molecule has 4 nitrogen and oxygen atoms in total. The first kappa shape index (κ1) is 12.9. The molecule has 1 saturated heterocycles. The highest BCUT2D eigenvalue weighted by atomic mass is 15.3. The van der Waals surface area contributed by atoms with Crippen LogP contribution in [0.15, 0.2) is 6.20 Å². The third kappa shape index (κ3) is 2.34.